The minimum Gasteiger partial charge on any atom is -0.475 e. The fourth-order valence-electron chi connectivity index (χ4n) is 3.64. The van der Waals surface area contributed by atoms with Gasteiger partial charge < -0.3 is 15.7 Å². The van der Waals surface area contributed by atoms with Gasteiger partial charge >= 0.3 is 12.1 Å². The summed E-state index contributed by atoms with van der Waals surface area (Å²) in [6.07, 6.45) is -4.34. The van der Waals surface area contributed by atoms with E-state index in [9.17, 15) is 23.2 Å². The van der Waals surface area contributed by atoms with E-state index in [0.29, 0.717) is 17.9 Å². The molecule has 0 spiro atoms. The van der Waals surface area contributed by atoms with Crippen LogP contribution in [0.5, 0.6) is 0 Å². The molecule has 0 bridgehead atoms. The Balaban J connectivity index is 0.000000383. The molecule has 4 rings (SSSR count). The predicted octanol–water partition coefficient (Wildman–Crippen LogP) is 3.25. The lowest BCUT2D eigenvalue weighted by atomic mass is 9.78. The lowest BCUT2D eigenvalue weighted by Gasteiger charge is -2.27. The number of hydrogen-bond donors (Lipinski definition) is 4. The van der Waals surface area contributed by atoms with Crippen LogP contribution < -0.4 is 10.6 Å². The van der Waals surface area contributed by atoms with E-state index in [1.54, 1.807) is 6.07 Å². The molecule has 0 saturated carbocycles. The summed E-state index contributed by atoms with van der Waals surface area (Å²) in [4.78, 5) is 22.1. The molecule has 2 aromatic carbocycles. The number of alkyl halides is 3. The van der Waals surface area contributed by atoms with Gasteiger partial charge in [0.2, 0.25) is 5.91 Å². The van der Waals surface area contributed by atoms with E-state index in [-0.39, 0.29) is 5.91 Å². The van der Waals surface area contributed by atoms with Gasteiger partial charge in [-0.05, 0) is 43.1 Å². The number of carbonyl (C=O) groups is 2. The van der Waals surface area contributed by atoms with Crippen LogP contribution in [0.1, 0.15) is 23.1 Å². The number of nitriles is 1. The third-order valence-corrected chi connectivity index (χ3v) is 5.42. The zero-order chi connectivity index (χ0) is 24.2. The zero-order valence-electron chi connectivity index (χ0n) is 17.5. The lowest BCUT2D eigenvalue weighted by molar-refractivity contribution is -0.192. The number of fused-ring (bicyclic) bond motifs is 1. The first kappa shape index (κ1) is 23.7. The summed E-state index contributed by atoms with van der Waals surface area (Å²) in [5.74, 6) is -2.32. The summed E-state index contributed by atoms with van der Waals surface area (Å²) >= 11 is 0. The van der Waals surface area contributed by atoms with E-state index in [2.05, 4.69) is 26.9 Å². The molecule has 1 aromatic heterocycles. The molecule has 0 radical (unpaired) electrons. The van der Waals surface area contributed by atoms with Crippen molar-refractivity contribution in [1.29, 1.82) is 5.26 Å². The van der Waals surface area contributed by atoms with Crippen molar-refractivity contribution in [2.75, 3.05) is 18.4 Å². The number of carboxylic acid groups (broad SMARTS) is 1. The number of hydrogen-bond acceptors (Lipinski definition) is 5. The van der Waals surface area contributed by atoms with Crippen molar-refractivity contribution >= 4 is 28.6 Å². The van der Waals surface area contributed by atoms with E-state index < -0.39 is 17.6 Å². The minimum atomic E-state index is -5.08. The Morgan fingerprint density at radius 1 is 1.24 bits per heavy atom. The molecule has 1 amide bonds. The van der Waals surface area contributed by atoms with Crippen LogP contribution in [0.4, 0.5) is 19.0 Å². The second-order valence-corrected chi connectivity index (χ2v) is 7.53. The number of aryl methyl sites for hydroxylation is 1. The molecule has 33 heavy (non-hydrogen) atoms. The van der Waals surface area contributed by atoms with E-state index in [0.717, 1.165) is 35.0 Å². The van der Waals surface area contributed by atoms with Gasteiger partial charge in [0.05, 0.1) is 22.6 Å². The van der Waals surface area contributed by atoms with Crippen LogP contribution in [0.25, 0.3) is 10.9 Å². The van der Waals surface area contributed by atoms with Gasteiger partial charge in [-0.3, -0.25) is 9.89 Å². The number of halogens is 3. The number of aliphatic carboxylic acids is 1. The summed E-state index contributed by atoms with van der Waals surface area (Å²) in [5.41, 5.74) is 2.59. The molecule has 172 valence electrons. The zero-order valence-corrected chi connectivity index (χ0v) is 17.5. The van der Waals surface area contributed by atoms with Crippen LogP contribution in [0.3, 0.4) is 0 Å². The summed E-state index contributed by atoms with van der Waals surface area (Å²) in [5, 5.41) is 30.6. The van der Waals surface area contributed by atoms with Crippen molar-refractivity contribution in [3.63, 3.8) is 0 Å². The fraction of sp³-hybridized carbons (Fsp3) is 0.273. The van der Waals surface area contributed by atoms with Gasteiger partial charge in [-0.1, -0.05) is 30.3 Å². The second kappa shape index (κ2) is 9.30. The highest BCUT2D eigenvalue weighted by molar-refractivity contribution is 6.04. The summed E-state index contributed by atoms with van der Waals surface area (Å²) < 4.78 is 31.7. The molecule has 11 heteroatoms. The average molecular weight is 459 g/mol. The molecule has 1 saturated heterocycles. The number of aromatic amines is 1. The van der Waals surface area contributed by atoms with E-state index >= 15 is 0 Å². The number of anilines is 1. The minimum absolute atomic E-state index is 0.0656. The standard InChI is InChI=1S/C20H19N5O.C2HF3O2/c1-13-9-16-17(10-14(13)11-21)24-25-18(16)23-19(26)20(7-8-22-12-20)15-5-3-2-4-6-15;3-2(4,5)1(6)7/h2-6,9-10,22H,7-8,12H2,1H3,(H2,23,24,25,26);(H,6,7). The number of carboxylic acids is 1. The van der Waals surface area contributed by atoms with Crippen molar-refractivity contribution < 1.29 is 27.9 Å². The van der Waals surface area contributed by atoms with E-state index in [4.69, 9.17) is 9.90 Å². The van der Waals surface area contributed by atoms with Crippen molar-refractivity contribution in [3.05, 3.63) is 59.2 Å². The molecule has 1 fully saturated rings. The first-order valence-electron chi connectivity index (χ1n) is 9.85. The van der Waals surface area contributed by atoms with Crippen LogP contribution in [0.2, 0.25) is 0 Å². The number of nitrogens with zero attached hydrogens (tertiary/aromatic N) is 2. The predicted molar refractivity (Wildman–Crippen MR) is 113 cm³/mol. The van der Waals surface area contributed by atoms with Gasteiger partial charge in [0.25, 0.3) is 0 Å². The molecule has 0 aliphatic carbocycles. The van der Waals surface area contributed by atoms with Gasteiger partial charge in [0.15, 0.2) is 5.82 Å². The first-order chi connectivity index (χ1) is 15.6. The van der Waals surface area contributed by atoms with Crippen LogP contribution in [0.15, 0.2) is 42.5 Å². The molecule has 1 atom stereocenters. The molecular weight excluding hydrogens is 439 g/mol. The van der Waals surface area contributed by atoms with Gasteiger partial charge in [0, 0.05) is 11.9 Å². The Bertz CT molecular complexity index is 1210. The Kier molecular flexibility index (Phi) is 6.69. The summed E-state index contributed by atoms with van der Waals surface area (Å²) in [7, 11) is 0. The molecule has 1 aliphatic rings. The lowest BCUT2D eigenvalue weighted by Crippen LogP contribution is -2.42. The van der Waals surface area contributed by atoms with E-state index in [1.807, 2.05) is 43.3 Å². The van der Waals surface area contributed by atoms with Crippen molar-refractivity contribution in [2.24, 2.45) is 0 Å². The topological polar surface area (TPSA) is 131 Å². The summed E-state index contributed by atoms with van der Waals surface area (Å²) in [6.45, 7) is 3.28. The SMILES string of the molecule is Cc1cc2c(NC(=O)C3(c4ccccc4)CCNC3)n[nH]c2cc1C#N.O=C(O)C(F)(F)F. The third kappa shape index (κ3) is 4.96. The number of amides is 1. The Morgan fingerprint density at radius 3 is 2.45 bits per heavy atom. The third-order valence-electron chi connectivity index (χ3n) is 5.42. The number of benzene rings is 2. The molecule has 8 nitrogen and oxygen atoms in total. The molecule has 4 N–H and O–H groups in total. The Hall–Kier alpha value is -3.91. The average Bonchev–Trinajstić information content (AvgIpc) is 3.42. The highest BCUT2D eigenvalue weighted by Crippen LogP contribution is 2.33. The number of aromatic nitrogens is 2. The van der Waals surface area contributed by atoms with Gasteiger partial charge in [-0.15, -0.1) is 0 Å². The maximum atomic E-state index is 13.2. The van der Waals surface area contributed by atoms with Gasteiger partial charge in [-0.25, -0.2) is 4.79 Å². The second-order valence-electron chi connectivity index (χ2n) is 7.53. The van der Waals surface area contributed by atoms with Gasteiger partial charge in [0.1, 0.15) is 0 Å². The van der Waals surface area contributed by atoms with Crippen LogP contribution in [0, 0.1) is 18.3 Å². The number of rotatable bonds is 3. The smallest absolute Gasteiger partial charge is 0.475 e. The molecule has 1 aliphatic heterocycles. The summed E-state index contributed by atoms with van der Waals surface area (Å²) in [6, 6.07) is 15.7. The van der Waals surface area contributed by atoms with Crippen molar-refractivity contribution in [1.82, 2.24) is 15.5 Å². The number of H-pyrrole nitrogens is 1. The van der Waals surface area contributed by atoms with Gasteiger partial charge in [-0.2, -0.15) is 23.5 Å². The molecular formula is C22H20F3N5O3. The maximum Gasteiger partial charge on any atom is 0.490 e. The first-order valence-corrected chi connectivity index (χ1v) is 9.85. The van der Waals surface area contributed by atoms with E-state index in [1.165, 1.54) is 0 Å². The van der Waals surface area contributed by atoms with Crippen molar-refractivity contribution in [3.8, 4) is 6.07 Å². The Labute approximate surface area is 186 Å². The molecule has 2 heterocycles. The molecule has 1 unspecified atom stereocenters. The number of carbonyl (C=O) groups excluding carboxylic acids is 1. The highest BCUT2D eigenvalue weighted by Gasteiger charge is 2.43. The van der Waals surface area contributed by atoms with Crippen molar-refractivity contribution in [2.45, 2.75) is 24.9 Å². The Morgan fingerprint density at radius 2 is 1.91 bits per heavy atom. The highest BCUT2D eigenvalue weighted by atomic mass is 19.4. The van der Waals surface area contributed by atoms with Crippen LogP contribution >= 0.6 is 0 Å². The maximum absolute atomic E-state index is 13.2. The monoisotopic (exact) mass is 459 g/mol. The molecule has 3 aromatic rings. The van der Waals surface area contributed by atoms with Crippen LogP contribution in [-0.2, 0) is 15.0 Å². The quantitative estimate of drug-likeness (QED) is 0.476. The van der Waals surface area contributed by atoms with Crippen LogP contribution in [-0.4, -0.2) is 46.4 Å². The number of nitrogens with one attached hydrogen (secondary N) is 3. The fourth-order valence-corrected chi connectivity index (χ4v) is 3.64. The largest absolute Gasteiger partial charge is 0.490 e. The normalized spacial score (nSPS) is 17.7.